The second-order valence-electron chi connectivity index (χ2n) is 6.36. The second kappa shape index (κ2) is 7.46. The first kappa shape index (κ1) is 17.1. The van der Waals surface area contributed by atoms with Gasteiger partial charge in [-0.15, -0.1) is 0 Å². The summed E-state index contributed by atoms with van der Waals surface area (Å²) in [6.45, 7) is 3.53. The molecule has 0 radical (unpaired) electrons. The summed E-state index contributed by atoms with van der Waals surface area (Å²) in [5.41, 5.74) is 1.59. The van der Waals surface area contributed by atoms with Crippen LogP contribution in [0.1, 0.15) is 32.6 Å². The highest BCUT2D eigenvalue weighted by Gasteiger charge is 2.24. The number of pyridine rings is 1. The Labute approximate surface area is 146 Å². The summed E-state index contributed by atoms with van der Waals surface area (Å²) < 4.78 is 0. The van der Waals surface area contributed by atoms with Gasteiger partial charge in [-0.25, -0.2) is 0 Å². The molecule has 1 aromatic carbocycles. The van der Waals surface area contributed by atoms with E-state index in [1.54, 1.807) is 30.5 Å². The molecule has 2 aromatic rings. The maximum absolute atomic E-state index is 11.9. The number of hydrogen-bond acceptors (Lipinski definition) is 5. The Hall–Kier alpha value is -2.70. The Bertz CT molecular complexity index is 793. The number of fused-ring (bicyclic) bond motifs is 1. The van der Waals surface area contributed by atoms with Crippen LogP contribution in [0.4, 0.5) is 11.4 Å². The lowest BCUT2D eigenvalue weighted by Gasteiger charge is -2.35. The molecule has 1 saturated heterocycles. The smallest absolute Gasteiger partial charge is 0.278 e. The number of nitrogens with one attached hydrogen (secondary N) is 1. The molecule has 2 heterocycles. The molecule has 7 nitrogen and oxygen atoms in total. The fourth-order valence-electron chi connectivity index (χ4n) is 3.40. The summed E-state index contributed by atoms with van der Waals surface area (Å²) >= 11 is 0. The lowest BCUT2D eigenvalue weighted by atomic mass is 10.0. The van der Waals surface area contributed by atoms with Gasteiger partial charge in [0.1, 0.15) is 5.52 Å². The van der Waals surface area contributed by atoms with Gasteiger partial charge in [0, 0.05) is 37.8 Å². The van der Waals surface area contributed by atoms with Crippen LogP contribution in [0.3, 0.4) is 0 Å². The van der Waals surface area contributed by atoms with Crippen molar-refractivity contribution in [1.82, 2.24) is 10.3 Å². The minimum absolute atomic E-state index is 0.0664. The molecule has 1 fully saturated rings. The van der Waals surface area contributed by atoms with Crippen molar-refractivity contribution >= 4 is 28.2 Å². The lowest BCUT2D eigenvalue weighted by molar-refractivity contribution is -0.383. The zero-order valence-corrected chi connectivity index (χ0v) is 14.3. The van der Waals surface area contributed by atoms with Gasteiger partial charge in [-0.2, -0.15) is 0 Å². The van der Waals surface area contributed by atoms with E-state index in [-0.39, 0.29) is 22.6 Å². The number of carbonyl (C=O) groups is 1. The minimum Gasteiger partial charge on any atom is -0.368 e. The normalized spacial score (nSPS) is 17.5. The summed E-state index contributed by atoms with van der Waals surface area (Å²) in [5.74, 6) is 0.0843. The van der Waals surface area contributed by atoms with Gasteiger partial charge in [0.05, 0.1) is 16.0 Å². The number of nitro benzene ring substituents is 1. The third-order valence-electron chi connectivity index (χ3n) is 4.53. The molecule has 132 valence electrons. The van der Waals surface area contributed by atoms with E-state index in [0.29, 0.717) is 23.9 Å². The number of carbonyl (C=O) groups excluding carboxylic acids is 1. The highest BCUT2D eigenvalue weighted by Crippen LogP contribution is 2.33. The number of anilines is 1. The van der Waals surface area contributed by atoms with Crippen molar-refractivity contribution < 1.29 is 9.72 Å². The summed E-state index contributed by atoms with van der Waals surface area (Å²) in [5, 5.41) is 14.9. The van der Waals surface area contributed by atoms with Crippen LogP contribution in [-0.2, 0) is 4.79 Å². The molecule has 1 N–H and O–H groups in total. The minimum atomic E-state index is -0.377. The predicted molar refractivity (Wildman–Crippen MR) is 96.7 cm³/mol. The topological polar surface area (TPSA) is 88.4 Å². The van der Waals surface area contributed by atoms with E-state index in [4.69, 9.17) is 0 Å². The van der Waals surface area contributed by atoms with Gasteiger partial charge >= 0.3 is 0 Å². The van der Waals surface area contributed by atoms with Crippen LogP contribution in [0.2, 0.25) is 0 Å². The highest BCUT2D eigenvalue weighted by molar-refractivity contribution is 5.97. The van der Waals surface area contributed by atoms with Gasteiger partial charge < -0.3 is 10.2 Å². The Balaban J connectivity index is 1.87. The molecule has 7 heteroatoms. The van der Waals surface area contributed by atoms with E-state index in [9.17, 15) is 14.9 Å². The van der Waals surface area contributed by atoms with Crippen molar-refractivity contribution in [2.45, 2.75) is 38.6 Å². The summed E-state index contributed by atoms with van der Waals surface area (Å²) in [6.07, 6.45) is 4.93. The first-order valence-corrected chi connectivity index (χ1v) is 8.66. The number of nitrogens with zero attached hydrogens (tertiary/aromatic N) is 3. The first-order chi connectivity index (χ1) is 12.1. The number of piperidine rings is 1. The molecule has 1 aliphatic heterocycles. The molecule has 1 atom stereocenters. The first-order valence-electron chi connectivity index (χ1n) is 8.66. The Kier molecular flexibility index (Phi) is 5.11. The zero-order chi connectivity index (χ0) is 17.8. The average molecular weight is 342 g/mol. The van der Waals surface area contributed by atoms with Crippen LogP contribution >= 0.6 is 0 Å². The zero-order valence-electron chi connectivity index (χ0n) is 14.3. The lowest BCUT2D eigenvalue weighted by Crippen LogP contribution is -2.47. The number of amides is 1. The van der Waals surface area contributed by atoms with Crippen molar-refractivity contribution in [2.75, 3.05) is 18.0 Å². The van der Waals surface area contributed by atoms with Crippen molar-refractivity contribution in [3.63, 3.8) is 0 Å². The fraction of sp³-hybridized carbons (Fsp3) is 0.444. The van der Waals surface area contributed by atoms with E-state index >= 15 is 0 Å². The summed E-state index contributed by atoms with van der Waals surface area (Å²) in [4.78, 5) is 29.3. The van der Waals surface area contributed by atoms with Gasteiger partial charge in [-0.1, -0.05) is 6.92 Å². The number of rotatable bonds is 5. The number of non-ortho nitro benzene ring substituents is 1. The van der Waals surface area contributed by atoms with Crippen molar-refractivity contribution in [3.8, 4) is 0 Å². The number of aromatic nitrogens is 1. The molecule has 1 amide bonds. The van der Waals surface area contributed by atoms with Crippen LogP contribution in [0.25, 0.3) is 10.9 Å². The average Bonchev–Trinajstić information content (AvgIpc) is 2.61. The molecule has 0 aliphatic carbocycles. The van der Waals surface area contributed by atoms with Crippen LogP contribution in [-0.4, -0.2) is 34.9 Å². The molecule has 3 rings (SSSR count). The molecular weight excluding hydrogens is 320 g/mol. The predicted octanol–water partition coefficient (Wildman–Crippen LogP) is 3.03. The van der Waals surface area contributed by atoms with E-state index in [1.807, 2.05) is 6.92 Å². The molecule has 0 bridgehead atoms. The number of benzene rings is 1. The van der Waals surface area contributed by atoms with Gasteiger partial charge in [-0.05, 0) is 37.5 Å². The molecule has 1 unspecified atom stereocenters. The maximum Gasteiger partial charge on any atom is 0.278 e. The Morgan fingerprint density at radius 2 is 2.28 bits per heavy atom. The van der Waals surface area contributed by atoms with E-state index in [2.05, 4.69) is 15.2 Å². The molecule has 0 saturated carbocycles. The van der Waals surface area contributed by atoms with E-state index < -0.39 is 0 Å². The third kappa shape index (κ3) is 3.70. The van der Waals surface area contributed by atoms with Crippen LogP contribution in [0, 0.1) is 10.1 Å². The van der Waals surface area contributed by atoms with Crippen LogP contribution in [0.15, 0.2) is 30.5 Å². The quantitative estimate of drug-likeness (QED) is 0.666. The Morgan fingerprint density at radius 3 is 3.04 bits per heavy atom. The van der Waals surface area contributed by atoms with Gasteiger partial charge in [0.15, 0.2) is 0 Å². The molecule has 25 heavy (non-hydrogen) atoms. The molecule has 0 spiro atoms. The van der Waals surface area contributed by atoms with Crippen molar-refractivity contribution in [3.05, 3.63) is 40.6 Å². The second-order valence-corrected chi connectivity index (χ2v) is 6.36. The van der Waals surface area contributed by atoms with Gasteiger partial charge in [0.25, 0.3) is 5.69 Å². The monoisotopic (exact) mass is 342 g/mol. The standard InChI is InChI=1S/C18H22N4O3/c1-2-5-17(23)20-13-6-4-11-21(12-13)16-9-8-15(22(24)25)14-7-3-10-19-18(14)16/h3,7-10,13H,2,4-6,11-12H2,1H3,(H,20,23). The highest BCUT2D eigenvalue weighted by atomic mass is 16.6. The third-order valence-corrected chi connectivity index (χ3v) is 4.53. The van der Waals surface area contributed by atoms with Crippen molar-refractivity contribution in [2.24, 2.45) is 0 Å². The fourth-order valence-corrected chi connectivity index (χ4v) is 3.40. The van der Waals surface area contributed by atoms with Crippen molar-refractivity contribution in [1.29, 1.82) is 0 Å². The molecular formula is C18H22N4O3. The largest absolute Gasteiger partial charge is 0.368 e. The van der Waals surface area contributed by atoms with Gasteiger partial charge in [-0.3, -0.25) is 19.9 Å². The maximum atomic E-state index is 11.9. The van der Waals surface area contributed by atoms with E-state index in [0.717, 1.165) is 31.5 Å². The van der Waals surface area contributed by atoms with Gasteiger partial charge in [0.2, 0.25) is 5.91 Å². The molecule has 1 aliphatic rings. The SMILES string of the molecule is CCCC(=O)NC1CCCN(c2ccc([N+](=O)[O-])c3cccnc23)C1. The number of nitro groups is 1. The van der Waals surface area contributed by atoms with Crippen LogP contribution < -0.4 is 10.2 Å². The Morgan fingerprint density at radius 1 is 1.44 bits per heavy atom. The molecule has 1 aromatic heterocycles. The van der Waals surface area contributed by atoms with Crippen LogP contribution in [0.5, 0.6) is 0 Å². The summed E-state index contributed by atoms with van der Waals surface area (Å²) in [6, 6.07) is 6.85. The van der Waals surface area contributed by atoms with E-state index in [1.165, 1.54) is 0 Å². The number of hydrogen-bond donors (Lipinski definition) is 1. The summed E-state index contributed by atoms with van der Waals surface area (Å²) in [7, 11) is 0.